The molecule has 2 nitrogen and oxygen atoms in total. The number of hydrogen-bond donors (Lipinski definition) is 0. The van der Waals surface area contributed by atoms with Gasteiger partial charge in [0.1, 0.15) is 0 Å². The van der Waals surface area contributed by atoms with Crippen LogP contribution in [0.5, 0.6) is 0 Å². The first kappa shape index (κ1) is 11.4. The van der Waals surface area contributed by atoms with Crippen LogP contribution in [0.2, 0.25) is 0 Å². The van der Waals surface area contributed by atoms with Crippen molar-refractivity contribution in [2.24, 2.45) is 5.92 Å². The molecule has 0 bridgehead atoms. The Bertz CT molecular complexity index is 287. The van der Waals surface area contributed by atoms with Gasteiger partial charge in [-0.25, -0.2) is 0 Å². The fourth-order valence-corrected chi connectivity index (χ4v) is 2.63. The lowest BCUT2D eigenvalue weighted by Gasteiger charge is -2.23. The minimum atomic E-state index is 0.409. The van der Waals surface area contributed by atoms with E-state index < -0.39 is 0 Å². The number of Topliss-reactive ketones (excluding diaryl/α,β-unsaturated/α-hetero) is 1. The molecule has 2 heteroatoms. The summed E-state index contributed by atoms with van der Waals surface area (Å²) in [5, 5.41) is 0. The van der Waals surface area contributed by atoms with Crippen molar-refractivity contribution >= 4 is 5.78 Å². The SMILES string of the molecule is O=C(CC1CCCCC1)CN1C=CC=CC1. The predicted octanol–water partition coefficient (Wildman–Crippen LogP) is 2.91. The van der Waals surface area contributed by atoms with E-state index in [1.54, 1.807) is 0 Å². The summed E-state index contributed by atoms with van der Waals surface area (Å²) in [7, 11) is 0. The Morgan fingerprint density at radius 1 is 1.19 bits per heavy atom. The third-order valence-corrected chi connectivity index (χ3v) is 3.50. The summed E-state index contributed by atoms with van der Waals surface area (Å²) in [6, 6.07) is 0. The van der Waals surface area contributed by atoms with Crippen molar-refractivity contribution in [3.8, 4) is 0 Å². The molecule has 0 radical (unpaired) electrons. The minimum absolute atomic E-state index is 0.409. The zero-order valence-corrected chi connectivity index (χ0v) is 9.90. The Morgan fingerprint density at radius 3 is 2.69 bits per heavy atom. The summed E-state index contributed by atoms with van der Waals surface area (Å²) >= 11 is 0. The molecule has 16 heavy (non-hydrogen) atoms. The lowest BCUT2D eigenvalue weighted by molar-refractivity contribution is -0.120. The highest BCUT2D eigenvalue weighted by atomic mass is 16.1. The first-order valence-electron chi connectivity index (χ1n) is 6.43. The van der Waals surface area contributed by atoms with Gasteiger partial charge in [0.2, 0.25) is 0 Å². The summed E-state index contributed by atoms with van der Waals surface area (Å²) in [6.07, 6.45) is 15.5. The maximum atomic E-state index is 11.9. The smallest absolute Gasteiger partial charge is 0.152 e. The lowest BCUT2D eigenvalue weighted by Crippen LogP contribution is -2.27. The van der Waals surface area contributed by atoms with Gasteiger partial charge in [-0.15, -0.1) is 0 Å². The van der Waals surface area contributed by atoms with Crippen LogP contribution in [0.15, 0.2) is 24.4 Å². The van der Waals surface area contributed by atoms with Crippen molar-refractivity contribution in [3.63, 3.8) is 0 Å². The van der Waals surface area contributed by atoms with Gasteiger partial charge in [-0.3, -0.25) is 4.79 Å². The highest BCUT2D eigenvalue weighted by Gasteiger charge is 2.17. The molecule has 0 aromatic rings. The molecule has 88 valence electrons. The summed E-state index contributed by atoms with van der Waals surface area (Å²) < 4.78 is 0. The first-order valence-corrected chi connectivity index (χ1v) is 6.43. The molecule has 1 saturated carbocycles. The third-order valence-electron chi connectivity index (χ3n) is 3.50. The standard InChI is InChI=1S/C14H21NO/c16-14(11-13-7-3-1-4-8-13)12-15-9-5-2-6-10-15/h2,5-6,9,13H,1,3-4,7-8,10-12H2. The lowest BCUT2D eigenvalue weighted by atomic mass is 9.86. The normalized spacial score (nSPS) is 21.4. The van der Waals surface area contributed by atoms with E-state index >= 15 is 0 Å². The molecule has 1 aliphatic carbocycles. The van der Waals surface area contributed by atoms with Crippen LogP contribution in [-0.4, -0.2) is 23.8 Å². The molecule has 0 spiro atoms. The van der Waals surface area contributed by atoms with E-state index in [4.69, 9.17) is 0 Å². The second-order valence-electron chi connectivity index (χ2n) is 4.95. The maximum Gasteiger partial charge on any atom is 0.152 e. The highest BCUT2D eigenvalue weighted by molar-refractivity contribution is 5.80. The Morgan fingerprint density at radius 2 is 2.00 bits per heavy atom. The van der Waals surface area contributed by atoms with Gasteiger partial charge in [0, 0.05) is 13.0 Å². The number of carbonyl (C=O) groups is 1. The average Bonchev–Trinajstić information content (AvgIpc) is 2.31. The Hall–Kier alpha value is -1.05. The van der Waals surface area contributed by atoms with Crippen molar-refractivity contribution in [2.45, 2.75) is 38.5 Å². The van der Waals surface area contributed by atoms with Gasteiger partial charge >= 0.3 is 0 Å². The molecular weight excluding hydrogens is 198 g/mol. The molecule has 0 N–H and O–H groups in total. The van der Waals surface area contributed by atoms with Crippen LogP contribution in [0, 0.1) is 5.92 Å². The van der Waals surface area contributed by atoms with Gasteiger partial charge in [-0.2, -0.15) is 0 Å². The van der Waals surface area contributed by atoms with E-state index in [2.05, 4.69) is 11.0 Å². The Kier molecular flexibility index (Phi) is 4.20. The first-order chi connectivity index (χ1) is 7.84. The van der Waals surface area contributed by atoms with Crippen molar-refractivity contribution < 1.29 is 4.79 Å². The van der Waals surface area contributed by atoms with Gasteiger partial charge in [0.15, 0.2) is 5.78 Å². The molecule has 1 fully saturated rings. The second kappa shape index (κ2) is 5.88. The van der Waals surface area contributed by atoms with Crippen LogP contribution >= 0.6 is 0 Å². The number of rotatable bonds is 4. The second-order valence-corrected chi connectivity index (χ2v) is 4.95. The number of ketones is 1. The van der Waals surface area contributed by atoms with E-state index in [0.29, 0.717) is 18.2 Å². The van der Waals surface area contributed by atoms with E-state index in [1.165, 1.54) is 32.1 Å². The Balaban J connectivity index is 1.71. The summed E-state index contributed by atoms with van der Waals surface area (Å²) in [5.41, 5.74) is 0. The monoisotopic (exact) mass is 219 g/mol. The quantitative estimate of drug-likeness (QED) is 0.724. The van der Waals surface area contributed by atoms with Gasteiger partial charge in [0.25, 0.3) is 0 Å². The zero-order chi connectivity index (χ0) is 11.2. The van der Waals surface area contributed by atoms with Crippen molar-refractivity contribution in [3.05, 3.63) is 24.4 Å². The number of allylic oxidation sites excluding steroid dienone is 2. The summed E-state index contributed by atoms with van der Waals surface area (Å²) in [4.78, 5) is 14.0. The molecule has 2 aliphatic rings. The van der Waals surface area contributed by atoms with Gasteiger partial charge in [0.05, 0.1) is 6.54 Å². The highest BCUT2D eigenvalue weighted by Crippen LogP contribution is 2.26. The van der Waals surface area contributed by atoms with E-state index in [1.807, 2.05) is 18.4 Å². The van der Waals surface area contributed by atoms with E-state index in [9.17, 15) is 4.79 Å². The van der Waals surface area contributed by atoms with Crippen LogP contribution < -0.4 is 0 Å². The molecule has 2 rings (SSSR count). The molecule has 0 aromatic carbocycles. The molecule has 0 amide bonds. The number of nitrogens with zero attached hydrogens (tertiary/aromatic N) is 1. The van der Waals surface area contributed by atoms with Crippen LogP contribution in [0.1, 0.15) is 38.5 Å². The topological polar surface area (TPSA) is 20.3 Å². The van der Waals surface area contributed by atoms with Crippen LogP contribution in [0.4, 0.5) is 0 Å². The van der Waals surface area contributed by atoms with Crippen molar-refractivity contribution in [1.82, 2.24) is 4.90 Å². The van der Waals surface area contributed by atoms with Gasteiger partial charge < -0.3 is 4.90 Å². The van der Waals surface area contributed by atoms with Crippen LogP contribution in [0.25, 0.3) is 0 Å². The maximum absolute atomic E-state index is 11.9. The summed E-state index contributed by atoms with van der Waals surface area (Å²) in [6.45, 7) is 1.48. The van der Waals surface area contributed by atoms with Crippen molar-refractivity contribution in [1.29, 1.82) is 0 Å². The molecule has 0 aromatic heterocycles. The van der Waals surface area contributed by atoms with E-state index in [0.717, 1.165) is 13.0 Å². The number of carbonyl (C=O) groups excluding carboxylic acids is 1. The predicted molar refractivity (Wildman–Crippen MR) is 66.1 cm³/mol. The molecule has 1 aliphatic heterocycles. The summed E-state index contributed by atoms with van der Waals surface area (Å²) in [5.74, 6) is 1.08. The largest absolute Gasteiger partial charge is 0.366 e. The molecule has 0 atom stereocenters. The molecular formula is C14H21NO. The third kappa shape index (κ3) is 3.51. The fraction of sp³-hybridized carbons (Fsp3) is 0.643. The molecule has 0 saturated heterocycles. The zero-order valence-electron chi connectivity index (χ0n) is 9.90. The van der Waals surface area contributed by atoms with E-state index in [-0.39, 0.29) is 0 Å². The molecule has 1 heterocycles. The van der Waals surface area contributed by atoms with Gasteiger partial charge in [-0.1, -0.05) is 44.3 Å². The van der Waals surface area contributed by atoms with Crippen LogP contribution in [0.3, 0.4) is 0 Å². The van der Waals surface area contributed by atoms with Crippen LogP contribution in [-0.2, 0) is 4.79 Å². The molecule has 0 unspecified atom stereocenters. The van der Waals surface area contributed by atoms with Gasteiger partial charge in [-0.05, 0) is 18.2 Å². The Labute approximate surface area is 98.0 Å². The minimum Gasteiger partial charge on any atom is -0.366 e. The number of hydrogen-bond acceptors (Lipinski definition) is 2. The average molecular weight is 219 g/mol. The van der Waals surface area contributed by atoms with Crippen molar-refractivity contribution in [2.75, 3.05) is 13.1 Å². The fourth-order valence-electron chi connectivity index (χ4n) is 2.63.